The van der Waals surface area contributed by atoms with E-state index in [1.54, 1.807) is 6.20 Å². The van der Waals surface area contributed by atoms with E-state index < -0.39 is 0 Å². The van der Waals surface area contributed by atoms with E-state index in [0.717, 1.165) is 32.6 Å². The number of amides is 1. The van der Waals surface area contributed by atoms with Crippen molar-refractivity contribution in [3.63, 3.8) is 0 Å². The van der Waals surface area contributed by atoms with Crippen LogP contribution in [0.15, 0.2) is 30.6 Å². The third kappa shape index (κ3) is 2.84. The summed E-state index contributed by atoms with van der Waals surface area (Å²) in [6, 6.07) is 2.01. The standard InChI is InChI=1S/C15H19N3O/c19-15(18-5-1-2-6-18)14-8-13(10-17-11-14)7-12-3-4-16-9-12/h1-2,8,10-12,16H,3-7,9H2. The molecular weight excluding hydrogens is 238 g/mol. The van der Waals surface area contributed by atoms with Gasteiger partial charge in [-0.3, -0.25) is 9.78 Å². The van der Waals surface area contributed by atoms with E-state index in [-0.39, 0.29) is 5.91 Å². The average Bonchev–Trinajstić information content (AvgIpc) is 3.11. The molecule has 1 fully saturated rings. The van der Waals surface area contributed by atoms with Gasteiger partial charge in [0, 0.05) is 25.5 Å². The van der Waals surface area contributed by atoms with Crippen LogP contribution in [-0.4, -0.2) is 42.0 Å². The molecule has 2 aliphatic rings. The minimum Gasteiger partial charge on any atom is -0.331 e. The fourth-order valence-corrected chi connectivity index (χ4v) is 2.76. The monoisotopic (exact) mass is 257 g/mol. The van der Waals surface area contributed by atoms with Gasteiger partial charge < -0.3 is 10.2 Å². The summed E-state index contributed by atoms with van der Waals surface area (Å²) in [6.07, 6.45) is 9.85. The van der Waals surface area contributed by atoms with Gasteiger partial charge >= 0.3 is 0 Å². The van der Waals surface area contributed by atoms with Crippen LogP contribution in [0.1, 0.15) is 22.3 Å². The first kappa shape index (κ1) is 12.4. The molecule has 0 aromatic carbocycles. The summed E-state index contributed by atoms with van der Waals surface area (Å²) in [5.74, 6) is 0.768. The van der Waals surface area contributed by atoms with Crippen LogP contribution in [0.4, 0.5) is 0 Å². The van der Waals surface area contributed by atoms with E-state index in [1.807, 2.05) is 29.3 Å². The fraction of sp³-hybridized carbons (Fsp3) is 0.467. The normalized spacial score (nSPS) is 22.1. The molecule has 1 atom stereocenters. The van der Waals surface area contributed by atoms with E-state index in [4.69, 9.17) is 0 Å². The lowest BCUT2D eigenvalue weighted by atomic mass is 9.99. The number of carbonyl (C=O) groups excluding carboxylic acids is 1. The molecule has 1 aromatic rings. The third-order valence-electron chi connectivity index (χ3n) is 3.83. The Hall–Kier alpha value is -1.68. The van der Waals surface area contributed by atoms with Crippen LogP contribution < -0.4 is 5.32 Å². The molecule has 0 saturated carbocycles. The van der Waals surface area contributed by atoms with E-state index in [0.29, 0.717) is 11.5 Å². The molecule has 0 aliphatic carbocycles. The summed E-state index contributed by atoms with van der Waals surface area (Å²) in [6.45, 7) is 3.62. The molecule has 1 N–H and O–H groups in total. The Morgan fingerprint density at radius 1 is 1.37 bits per heavy atom. The predicted octanol–water partition coefficient (Wildman–Crippen LogP) is 1.25. The zero-order valence-corrected chi connectivity index (χ0v) is 11.0. The van der Waals surface area contributed by atoms with Gasteiger partial charge in [0.2, 0.25) is 0 Å². The Balaban J connectivity index is 1.69. The summed E-state index contributed by atoms with van der Waals surface area (Å²) in [5, 5.41) is 3.37. The quantitative estimate of drug-likeness (QED) is 0.829. The zero-order chi connectivity index (χ0) is 13.1. The van der Waals surface area contributed by atoms with Gasteiger partial charge in [-0.25, -0.2) is 0 Å². The summed E-state index contributed by atoms with van der Waals surface area (Å²) in [4.78, 5) is 18.3. The van der Waals surface area contributed by atoms with Gasteiger partial charge in [0.15, 0.2) is 0 Å². The lowest BCUT2D eigenvalue weighted by Gasteiger charge is -2.16. The number of rotatable bonds is 3. The van der Waals surface area contributed by atoms with Gasteiger partial charge in [0.05, 0.1) is 5.56 Å². The van der Waals surface area contributed by atoms with Crippen molar-refractivity contribution in [3.05, 3.63) is 41.7 Å². The van der Waals surface area contributed by atoms with Crippen LogP contribution in [0.5, 0.6) is 0 Å². The van der Waals surface area contributed by atoms with Crippen molar-refractivity contribution < 1.29 is 4.79 Å². The lowest BCUT2D eigenvalue weighted by Crippen LogP contribution is -2.28. The minimum absolute atomic E-state index is 0.0869. The van der Waals surface area contributed by atoms with Gasteiger partial charge in [-0.2, -0.15) is 0 Å². The summed E-state index contributed by atoms with van der Waals surface area (Å²) in [7, 11) is 0. The molecule has 1 unspecified atom stereocenters. The molecule has 4 nitrogen and oxygen atoms in total. The van der Waals surface area contributed by atoms with Crippen LogP contribution in [0, 0.1) is 5.92 Å². The van der Waals surface area contributed by atoms with Gasteiger partial charge in [-0.15, -0.1) is 0 Å². The maximum atomic E-state index is 12.3. The molecule has 19 heavy (non-hydrogen) atoms. The van der Waals surface area contributed by atoms with Crippen LogP contribution >= 0.6 is 0 Å². The highest BCUT2D eigenvalue weighted by Crippen LogP contribution is 2.16. The van der Waals surface area contributed by atoms with Crippen molar-refractivity contribution in [1.29, 1.82) is 0 Å². The Labute approximate surface area is 113 Å². The average molecular weight is 257 g/mol. The number of aromatic nitrogens is 1. The summed E-state index contributed by atoms with van der Waals surface area (Å²) >= 11 is 0. The number of carbonyl (C=O) groups is 1. The maximum Gasteiger partial charge on any atom is 0.255 e. The molecule has 0 bridgehead atoms. The van der Waals surface area contributed by atoms with E-state index >= 15 is 0 Å². The Morgan fingerprint density at radius 3 is 2.95 bits per heavy atom. The molecule has 0 spiro atoms. The van der Waals surface area contributed by atoms with Crippen molar-refractivity contribution in [2.24, 2.45) is 5.92 Å². The first-order valence-corrected chi connectivity index (χ1v) is 6.92. The smallest absolute Gasteiger partial charge is 0.255 e. The molecule has 1 amide bonds. The van der Waals surface area contributed by atoms with Gasteiger partial charge in [0.25, 0.3) is 5.91 Å². The van der Waals surface area contributed by atoms with Crippen molar-refractivity contribution >= 4 is 5.91 Å². The van der Waals surface area contributed by atoms with Gasteiger partial charge in [-0.05, 0) is 43.5 Å². The largest absolute Gasteiger partial charge is 0.331 e. The van der Waals surface area contributed by atoms with E-state index in [1.165, 1.54) is 12.0 Å². The van der Waals surface area contributed by atoms with Crippen molar-refractivity contribution in [2.75, 3.05) is 26.2 Å². The second-order valence-corrected chi connectivity index (χ2v) is 5.33. The number of pyridine rings is 1. The summed E-state index contributed by atoms with van der Waals surface area (Å²) < 4.78 is 0. The molecule has 3 rings (SSSR count). The van der Waals surface area contributed by atoms with Crippen LogP contribution in [0.25, 0.3) is 0 Å². The highest BCUT2D eigenvalue weighted by molar-refractivity contribution is 5.94. The van der Waals surface area contributed by atoms with Crippen LogP contribution in [0.3, 0.4) is 0 Å². The zero-order valence-electron chi connectivity index (χ0n) is 11.0. The predicted molar refractivity (Wildman–Crippen MR) is 74.0 cm³/mol. The maximum absolute atomic E-state index is 12.3. The number of nitrogens with zero attached hydrogens (tertiary/aromatic N) is 2. The van der Waals surface area contributed by atoms with Crippen molar-refractivity contribution in [2.45, 2.75) is 12.8 Å². The first-order valence-electron chi connectivity index (χ1n) is 6.92. The first-order chi connectivity index (χ1) is 9.33. The molecule has 1 saturated heterocycles. The third-order valence-corrected chi connectivity index (χ3v) is 3.83. The van der Waals surface area contributed by atoms with Gasteiger partial charge in [0.1, 0.15) is 0 Å². The Morgan fingerprint density at radius 2 is 2.21 bits per heavy atom. The van der Waals surface area contributed by atoms with Crippen molar-refractivity contribution in [1.82, 2.24) is 15.2 Å². The lowest BCUT2D eigenvalue weighted by molar-refractivity contribution is 0.0799. The van der Waals surface area contributed by atoms with E-state index in [2.05, 4.69) is 10.3 Å². The summed E-state index contributed by atoms with van der Waals surface area (Å²) in [5.41, 5.74) is 1.89. The van der Waals surface area contributed by atoms with Gasteiger partial charge in [-0.1, -0.05) is 12.2 Å². The minimum atomic E-state index is 0.0869. The highest BCUT2D eigenvalue weighted by atomic mass is 16.2. The number of hydrogen-bond donors (Lipinski definition) is 1. The Kier molecular flexibility index (Phi) is 3.60. The highest BCUT2D eigenvalue weighted by Gasteiger charge is 2.19. The topological polar surface area (TPSA) is 45.2 Å². The molecule has 0 radical (unpaired) electrons. The second kappa shape index (κ2) is 5.53. The van der Waals surface area contributed by atoms with E-state index in [9.17, 15) is 4.79 Å². The molecule has 4 heteroatoms. The molecule has 100 valence electrons. The second-order valence-electron chi connectivity index (χ2n) is 5.33. The van der Waals surface area contributed by atoms with Crippen LogP contribution in [0.2, 0.25) is 0 Å². The van der Waals surface area contributed by atoms with Crippen LogP contribution in [-0.2, 0) is 6.42 Å². The molecule has 3 heterocycles. The number of nitrogens with one attached hydrogen (secondary N) is 1. The SMILES string of the molecule is O=C(c1cncc(CC2CCNC2)c1)N1CC=CC1. The fourth-order valence-electron chi connectivity index (χ4n) is 2.76. The molecule has 2 aliphatic heterocycles. The Bertz CT molecular complexity index is 484. The molecule has 1 aromatic heterocycles. The molecular formula is C15H19N3O. The van der Waals surface area contributed by atoms with Crippen molar-refractivity contribution in [3.8, 4) is 0 Å². The number of hydrogen-bond acceptors (Lipinski definition) is 3.